The number of halogens is 2. The third-order valence-electron chi connectivity index (χ3n) is 5.99. The fourth-order valence-corrected chi connectivity index (χ4v) is 5.41. The Labute approximate surface area is 239 Å². The quantitative estimate of drug-likeness (QED) is 0.333. The summed E-state index contributed by atoms with van der Waals surface area (Å²) in [6, 6.07) is 19.7. The summed E-state index contributed by atoms with van der Waals surface area (Å²) in [7, 11) is -2.44. The Bertz CT molecular complexity index is 1400. The molecular weight excluding hydrogens is 561 g/mol. The summed E-state index contributed by atoms with van der Waals surface area (Å²) in [5.74, 6) is -0.683. The maximum Gasteiger partial charge on any atom is 0.244 e. The Hall–Kier alpha value is -3.27. The first-order chi connectivity index (χ1) is 18.5. The molecule has 11 heteroatoms. The molecule has 2 amide bonds. The largest absolute Gasteiger partial charge is 0.492 e. The van der Waals surface area contributed by atoms with Crippen molar-refractivity contribution in [1.29, 1.82) is 0 Å². The van der Waals surface area contributed by atoms with Gasteiger partial charge in [0.1, 0.15) is 18.3 Å². The molecule has 1 unspecified atom stereocenters. The van der Waals surface area contributed by atoms with Crippen LogP contribution < -0.4 is 14.4 Å². The van der Waals surface area contributed by atoms with E-state index in [9.17, 15) is 18.0 Å². The monoisotopic (exact) mass is 591 g/mol. The minimum atomic E-state index is -3.92. The Kier molecular flexibility index (Phi) is 10.6. The molecule has 1 atom stereocenters. The van der Waals surface area contributed by atoms with Gasteiger partial charge in [-0.2, -0.15) is 0 Å². The molecular formula is C28H31Cl2N3O5S. The number of likely N-dealkylation sites (N-methyl/N-ethyl adjacent to an activating group) is 1. The fraction of sp³-hybridized carbons (Fsp3) is 0.286. The molecule has 0 aromatic heterocycles. The first kappa shape index (κ1) is 30.3. The molecule has 1 N–H and O–H groups in total. The summed E-state index contributed by atoms with van der Waals surface area (Å²) in [6.45, 7) is 1.47. The van der Waals surface area contributed by atoms with Crippen LogP contribution in [-0.2, 0) is 32.6 Å². The lowest BCUT2D eigenvalue weighted by molar-refractivity contribution is -0.139. The highest BCUT2D eigenvalue weighted by molar-refractivity contribution is 7.92. The van der Waals surface area contributed by atoms with E-state index in [1.807, 2.05) is 30.3 Å². The number of nitrogens with zero attached hydrogens (tertiary/aromatic N) is 2. The van der Waals surface area contributed by atoms with Crippen molar-refractivity contribution < 1.29 is 22.7 Å². The van der Waals surface area contributed by atoms with Gasteiger partial charge in [-0.05, 0) is 42.3 Å². The molecule has 0 bridgehead atoms. The number of anilines is 1. The van der Waals surface area contributed by atoms with Crippen LogP contribution in [0, 0.1) is 0 Å². The molecule has 0 spiro atoms. The zero-order valence-electron chi connectivity index (χ0n) is 21.9. The van der Waals surface area contributed by atoms with Crippen LogP contribution in [0.25, 0.3) is 0 Å². The number of carbonyl (C=O) groups is 2. The predicted molar refractivity (Wildman–Crippen MR) is 155 cm³/mol. The highest BCUT2D eigenvalue weighted by atomic mass is 35.5. The van der Waals surface area contributed by atoms with Crippen molar-refractivity contribution in [3.05, 3.63) is 94.0 Å². The van der Waals surface area contributed by atoms with E-state index in [4.69, 9.17) is 27.9 Å². The number of carbonyl (C=O) groups excluding carboxylic acids is 2. The van der Waals surface area contributed by atoms with Crippen molar-refractivity contribution in [2.45, 2.75) is 25.9 Å². The van der Waals surface area contributed by atoms with Crippen LogP contribution in [-0.4, -0.2) is 57.6 Å². The van der Waals surface area contributed by atoms with E-state index in [0.29, 0.717) is 28.0 Å². The SMILES string of the molecule is CCOc1ccccc1N(CC(=O)N(Cc1ccc(Cl)cc1Cl)C(Cc1ccccc1)C(=O)NC)S(C)(=O)=O. The van der Waals surface area contributed by atoms with E-state index < -0.39 is 34.4 Å². The maximum absolute atomic E-state index is 14.0. The highest BCUT2D eigenvalue weighted by Crippen LogP contribution is 2.30. The molecule has 0 saturated carbocycles. The van der Waals surface area contributed by atoms with Gasteiger partial charge in [0.15, 0.2) is 0 Å². The van der Waals surface area contributed by atoms with Gasteiger partial charge >= 0.3 is 0 Å². The Morgan fingerprint density at radius 3 is 2.28 bits per heavy atom. The predicted octanol–water partition coefficient (Wildman–Crippen LogP) is 4.54. The zero-order chi connectivity index (χ0) is 28.6. The van der Waals surface area contributed by atoms with Gasteiger partial charge in [0.25, 0.3) is 0 Å². The lowest BCUT2D eigenvalue weighted by atomic mass is 10.0. The van der Waals surface area contributed by atoms with Crippen molar-refractivity contribution in [3.63, 3.8) is 0 Å². The number of hydrogen-bond acceptors (Lipinski definition) is 5. The first-order valence-corrected chi connectivity index (χ1v) is 14.8. The minimum Gasteiger partial charge on any atom is -0.492 e. The summed E-state index contributed by atoms with van der Waals surface area (Å²) in [5.41, 5.74) is 1.60. The highest BCUT2D eigenvalue weighted by Gasteiger charge is 2.33. The third kappa shape index (κ3) is 8.11. The normalized spacial score (nSPS) is 11.9. The zero-order valence-corrected chi connectivity index (χ0v) is 24.3. The smallest absolute Gasteiger partial charge is 0.244 e. The summed E-state index contributed by atoms with van der Waals surface area (Å²) >= 11 is 12.5. The first-order valence-electron chi connectivity index (χ1n) is 12.2. The molecule has 0 saturated heterocycles. The van der Waals surface area contributed by atoms with E-state index >= 15 is 0 Å². The molecule has 208 valence electrons. The second kappa shape index (κ2) is 13.7. The van der Waals surface area contributed by atoms with Crippen molar-refractivity contribution in [2.75, 3.05) is 30.8 Å². The van der Waals surface area contributed by atoms with Crippen LogP contribution in [0.1, 0.15) is 18.1 Å². The van der Waals surface area contributed by atoms with Crippen LogP contribution >= 0.6 is 23.2 Å². The Balaban J connectivity index is 2.08. The molecule has 3 rings (SSSR count). The molecule has 0 aliphatic carbocycles. The van der Waals surface area contributed by atoms with Crippen LogP contribution in [0.4, 0.5) is 5.69 Å². The number of benzene rings is 3. The van der Waals surface area contributed by atoms with Gasteiger partial charge in [0, 0.05) is 30.1 Å². The lowest BCUT2D eigenvalue weighted by Crippen LogP contribution is -2.53. The molecule has 8 nitrogen and oxygen atoms in total. The molecule has 3 aromatic rings. The van der Waals surface area contributed by atoms with Gasteiger partial charge in [-0.25, -0.2) is 8.42 Å². The summed E-state index contributed by atoms with van der Waals surface area (Å²) < 4.78 is 32.5. The Morgan fingerprint density at radius 2 is 1.67 bits per heavy atom. The lowest BCUT2D eigenvalue weighted by Gasteiger charge is -2.33. The molecule has 0 heterocycles. The summed E-state index contributed by atoms with van der Waals surface area (Å²) in [6.07, 6.45) is 1.22. The number of amides is 2. The molecule has 39 heavy (non-hydrogen) atoms. The number of nitrogens with one attached hydrogen (secondary N) is 1. The van der Waals surface area contributed by atoms with E-state index in [1.54, 1.807) is 49.4 Å². The number of ether oxygens (including phenoxy) is 1. The van der Waals surface area contributed by atoms with Gasteiger partial charge < -0.3 is 15.0 Å². The van der Waals surface area contributed by atoms with Crippen LogP contribution in [0.2, 0.25) is 10.0 Å². The summed E-state index contributed by atoms with van der Waals surface area (Å²) in [5, 5.41) is 3.37. The second-order valence-electron chi connectivity index (χ2n) is 8.75. The number of para-hydroxylation sites is 2. The third-order valence-corrected chi connectivity index (χ3v) is 7.70. The maximum atomic E-state index is 14.0. The van der Waals surface area contributed by atoms with Crippen LogP contribution in [0.15, 0.2) is 72.8 Å². The van der Waals surface area contributed by atoms with Gasteiger partial charge in [-0.3, -0.25) is 13.9 Å². The van der Waals surface area contributed by atoms with E-state index in [0.717, 1.165) is 16.1 Å². The Morgan fingerprint density at radius 1 is 1.00 bits per heavy atom. The van der Waals surface area contributed by atoms with Crippen molar-refractivity contribution in [2.24, 2.45) is 0 Å². The molecule has 0 aliphatic heterocycles. The van der Waals surface area contributed by atoms with Gasteiger partial charge in [-0.15, -0.1) is 0 Å². The van der Waals surface area contributed by atoms with Crippen molar-refractivity contribution >= 4 is 50.7 Å². The van der Waals surface area contributed by atoms with Crippen LogP contribution in [0.5, 0.6) is 5.75 Å². The standard InChI is InChI=1S/C28H31Cl2N3O5S/c1-4-38-26-13-9-8-12-24(26)33(39(3,36)37)19-27(34)32(18-21-14-15-22(29)17-23(21)30)25(28(35)31-2)16-20-10-6-5-7-11-20/h5-15,17,25H,4,16,18-19H2,1-3H3,(H,31,35). The minimum absolute atomic E-state index is 0.0511. The summed E-state index contributed by atoms with van der Waals surface area (Å²) in [4.78, 5) is 28.5. The van der Waals surface area contributed by atoms with Gasteiger partial charge in [0.2, 0.25) is 21.8 Å². The van der Waals surface area contributed by atoms with Crippen molar-refractivity contribution in [1.82, 2.24) is 10.2 Å². The number of hydrogen-bond donors (Lipinski definition) is 1. The van der Waals surface area contributed by atoms with Gasteiger partial charge in [0.05, 0.1) is 18.6 Å². The second-order valence-corrected chi connectivity index (χ2v) is 11.5. The average molecular weight is 593 g/mol. The topological polar surface area (TPSA) is 96.0 Å². The molecule has 0 radical (unpaired) electrons. The van der Waals surface area contributed by atoms with Crippen LogP contribution in [0.3, 0.4) is 0 Å². The van der Waals surface area contributed by atoms with Crippen molar-refractivity contribution in [3.8, 4) is 5.75 Å². The average Bonchev–Trinajstić information content (AvgIpc) is 2.90. The molecule has 0 aliphatic rings. The van der Waals surface area contributed by atoms with E-state index in [-0.39, 0.29) is 18.7 Å². The molecule has 3 aromatic carbocycles. The number of sulfonamides is 1. The van der Waals surface area contributed by atoms with E-state index in [2.05, 4.69) is 5.32 Å². The molecule has 0 fully saturated rings. The fourth-order valence-electron chi connectivity index (χ4n) is 4.09. The number of rotatable bonds is 12. The van der Waals surface area contributed by atoms with E-state index in [1.165, 1.54) is 11.9 Å². The van der Waals surface area contributed by atoms with Gasteiger partial charge in [-0.1, -0.05) is 71.7 Å².